The van der Waals surface area contributed by atoms with Gasteiger partial charge in [-0.15, -0.1) is 0 Å². The van der Waals surface area contributed by atoms with Crippen molar-refractivity contribution in [2.75, 3.05) is 19.0 Å². The normalized spacial score (nSPS) is 35.2. The fourth-order valence-corrected chi connectivity index (χ4v) is 2.43. The molecule has 8 heteroatoms. The zero-order valence-corrected chi connectivity index (χ0v) is 11.9. The maximum absolute atomic E-state index is 12.6. The number of ether oxygens (including phenoxy) is 1. The van der Waals surface area contributed by atoms with Crippen LogP contribution in [0.1, 0.15) is 10.4 Å². The second kappa shape index (κ2) is 6.29. The Morgan fingerprint density at radius 1 is 1.27 bits per heavy atom. The van der Waals surface area contributed by atoms with E-state index in [9.17, 15) is 25.2 Å². The van der Waals surface area contributed by atoms with Crippen LogP contribution in [0.4, 0.5) is 5.69 Å². The SMILES string of the molecule is CNc1ccccc1C(=O)[C@@]1(O)O[C@H](CO)[C@@H](O)[C@H](O)[C@H]1O. The third-order valence-electron chi connectivity index (χ3n) is 3.73. The van der Waals surface area contributed by atoms with Gasteiger partial charge in [0.2, 0.25) is 5.78 Å². The molecule has 0 amide bonds. The van der Waals surface area contributed by atoms with Crippen LogP contribution in [0.3, 0.4) is 0 Å². The molecule has 1 aliphatic heterocycles. The van der Waals surface area contributed by atoms with Crippen LogP contribution in [-0.2, 0) is 4.74 Å². The number of para-hydroxylation sites is 1. The van der Waals surface area contributed by atoms with Gasteiger partial charge in [-0.25, -0.2) is 0 Å². The summed E-state index contributed by atoms with van der Waals surface area (Å²) in [5.74, 6) is -3.77. The van der Waals surface area contributed by atoms with Gasteiger partial charge in [-0.2, -0.15) is 0 Å². The quantitative estimate of drug-likeness (QED) is 0.353. The molecule has 1 aromatic rings. The first-order chi connectivity index (χ1) is 10.4. The topological polar surface area (TPSA) is 139 Å². The van der Waals surface area contributed by atoms with Crippen LogP contribution in [0.2, 0.25) is 0 Å². The Hall–Kier alpha value is -1.55. The van der Waals surface area contributed by atoms with E-state index >= 15 is 0 Å². The smallest absolute Gasteiger partial charge is 0.261 e. The number of carbonyl (C=O) groups excluding carboxylic acids is 1. The van der Waals surface area contributed by atoms with E-state index < -0.39 is 42.6 Å². The minimum atomic E-state index is -2.78. The maximum atomic E-state index is 12.6. The predicted molar refractivity (Wildman–Crippen MR) is 75.2 cm³/mol. The van der Waals surface area contributed by atoms with Gasteiger partial charge in [0.05, 0.1) is 6.61 Å². The molecule has 2 rings (SSSR count). The highest BCUT2D eigenvalue weighted by Crippen LogP contribution is 2.32. The number of benzene rings is 1. The first kappa shape index (κ1) is 16.8. The van der Waals surface area contributed by atoms with Gasteiger partial charge in [-0.3, -0.25) is 4.79 Å². The van der Waals surface area contributed by atoms with Gasteiger partial charge in [-0.1, -0.05) is 12.1 Å². The number of nitrogens with one attached hydrogen (secondary N) is 1. The molecule has 6 N–H and O–H groups in total. The Bertz CT molecular complexity index is 550. The molecule has 22 heavy (non-hydrogen) atoms. The molecule has 8 nitrogen and oxygen atoms in total. The summed E-state index contributed by atoms with van der Waals surface area (Å²) in [6.07, 6.45) is -6.95. The molecule has 0 bridgehead atoms. The summed E-state index contributed by atoms with van der Waals surface area (Å²) in [5, 5.41) is 51.8. The molecule has 0 saturated carbocycles. The number of aliphatic hydroxyl groups is 5. The first-order valence-corrected chi connectivity index (χ1v) is 6.73. The van der Waals surface area contributed by atoms with Crippen molar-refractivity contribution >= 4 is 11.5 Å². The third-order valence-corrected chi connectivity index (χ3v) is 3.73. The Morgan fingerprint density at radius 2 is 1.91 bits per heavy atom. The van der Waals surface area contributed by atoms with Gasteiger partial charge in [0.15, 0.2) is 0 Å². The monoisotopic (exact) mass is 313 g/mol. The summed E-state index contributed by atoms with van der Waals surface area (Å²) in [6, 6.07) is 6.22. The number of anilines is 1. The summed E-state index contributed by atoms with van der Waals surface area (Å²) in [6.45, 7) is -0.742. The number of Topliss-reactive ketones (excluding diaryl/α,β-unsaturated/α-hetero) is 1. The minimum Gasteiger partial charge on any atom is -0.394 e. The summed E-state index contributed by atoms with van der Waals surface area (Å²) in [4.78, 5) is 12.6. The zero-order chi connectivity index (χ0) is 16.5. The number of aliphatic hydroxyl groups excluding tert-OH is 4. The minimum absolute atomic E-state index is 0.0341. The van der Waals surface area contributed by atoms with E-state index in [0.717, 1.165) is 0 Å². The Labute approximate surface area is 126 Å². The van der Waals surface area contributed by atoms with Gasteiger partial charge < -0.3 is 35.6 Å². The van der Waals surface area contributed by atoms with Crippen molar-refractivity contribution in [3.8, 4) is 0 Å². The molecular weight excluding hydrogens is 294 g/mol. The molecule has 0 spiro atoms. The van der Waals surface area contributed by atoms with Crippen LogP contribution >= 0.6 is 0 Å². The lowest BCUT2D eigenvalue weighted by atomic mass is 9.87. The number of carbonyl (C=O) groups is 1. The molecule has 1 aliphatic rings. The largest absolute Gasteiger partial charge is 0.394 e. The van der Waals surface area contributed by atoms with E-state index in [1.54, 1.807) is 25.2 Å². The fourth-order valence-electron chi connectivity index (χ4n) is 2.43. The van der Waals surface area contributed by atoms with E-state index in [2.05, 4.69) is 5.32 Å². The van der Waals surface area contributed by atoms with Crippen LogP contribution in [0.15, 0.2) is 24.3 Å². The molecular formula is C14H19NO7. The van der Waals surface area contributed by atoms with Crippen LogP contribution in [0, 0.1) is 0 Å². The average molecular weight is 313 g/mol. The van der Waals surface area contributed by atoms with Gasteiger partial charge in [0, 0.05) is 18.3 Å². The third kappa shape index (κ3) is 2.60. The fraction of sp³-hybridized carbons (Fsp3) is 0.500. The van der Waals surface area contributed by atoms with Crippen molar-refractivity contribution in [3.05, 3.63) is 29.8 Å². The number of rotatable bonds is 4. The molecule has 0 unspecified atom stereocenters. The van der Waals surface area contributed by atoms with E-state index in [-0.39, 0.29) is 5.56 Å². The van der Waals surface area contributed by atoms with Gasteiger partial charge in [0.25, 0.3) is 5.79 Å². The Kier molecular flexibility index (Phi) is 4.81. The van der Waals surface area contributed by atoms with Crippen LogP contribution in [-0.4, -0.2) is 75.2 Å². The highest BCUT2D eigenvalue weighted by Gasteiger charge is 2.57. The second-order valence-corrected chi connectivity index (χ2v) is 5.09. The molecule has 1 heterocycles. The molecule has 1 aromatic carbocycles. The Morgan fingerprint density at radius 3 is 2.50 bits per heavy atom. The molecule has 122 valence electrons. The zero-order valence-electron chi connectivity index (χ0n) is 11.9. The van der Waals surface area contributed by atoms with Crippen LogP contribution in [0.5, 0.6) is 0 Å². The van der Waals surface area contributed by atoms with Crippen molar-refractivity contribution in [1.82, 2.24) is 0 Å². The average Bonchev–Trinajstić information content (AvgIpc) is 2.55. The van der Waals surface area contributed by atoms with E-state index in [4.69, 9.17) is 9.84 Å². The van der Waals surface area contributed by atoms with Crippen LogP contribution < -0.4 is 5.32 Å². The Balaban J connectivity index is 2.41. The van der Waals surface area contributed by atoms with Crippen LogP contribution in [0.25, 0.3) is 0 Å². The lowest BCUT2D eigenvalue weighted by Crippen LogP contribution is -2.68. The number of hydrogen-bond acceptors (Lipinski definition) is 8. The lowest BCUT2D eigenvalue weighted by molar-refractivity contribution is -0.322. The van der Waals surface area contributed by atoms with Gasteiger partial charge in [0.1, 0.15) is 24.4 Å². The highest BCUT2D eigenvalue weighted by atomic mass is 16.7. The number of ketones is 1. The van der Waals surface area contributed by atoms with Gasteiger partial charge in [-0.05, 0) is 12.1 Å². The molecule has 1 fully saturated rings. The maximum Gasteiger partial charge on any atom is 0.261 e. The van der Waals surface area contributed by atoms with Crippen molar-refractivity contribution in [1.29, 1.82) is 0 Å². The summed E-state index contributed by atoms with van der Waals surface area (Å²) in [5.41, 5.74) is 0.421. The standard InChI is InChI=1S/C14H19NO7/c1-15-8-5-3-2-4-7(8)12(19)14(21)13(20)11(18)10(17)9(6-16)22-14/h2-5,9-11,13,15-18,20-21H,6H2,1H3/t9-,10-,11+,13-,14-/m1/s1. The van der Waals surface area contributed by atoms with Crippen molar-refractivity contribution < 1.29 is 35.1 Å². The van der Waals surface area contributed by atoms with Crippen molar-refractivity contribution in [2.24, 2.45) is 0 Å². The van der Waals surface area contributed by atoms with E-state index in [1.165, 1.54) is 6.07 Å². The van der Waals surface area contributed by atoms with E-state index in [1.807, 2.05) is 0 Å². The van der Waals surface area contributed by atoms with E-state index in [0.29, 0.717) is 5.69 Å². The highest BCUT2D eigenvalue weighted by molar-refractivity contribution is 6.06. The molecule has 1 saturated heterocycles. The molecule has 0 radical (unpaired) electrons. The first-order valence-electron chi connectivity index (χ1n) is 6.73. The summed E-state index contributed by atoms with van der Waals surface area (Å²) >= 11 is 0. The lowest BCUT2D eigenvalue weighted by Gasteiger charge is -2.44. The molecule has 0 aromatic heterocycles. The summed E-state index contributed by atoms with van der Waals surface area (Å²) in [7, 11) is 1.57. The van der Waals surface area contributed by atoms with Crippen molar-refractivity contribution in [2.45, 2.75) is 30.2 Å². The van der Waals surface area contributed by atoms with Gasteiger partial charge >= 0.3 is 0 Å². The second-order valence-electron chi connectivity index (χ2n) is 5.09. The number of hydrogen-bond donors (Lipinski definition) is 6. The predicted octanol–water partition coefficient (Wildman–Crippen LogP) is -1.93. The van der Waals surface area contributed by atoms with Crippen molar-refractivity contribution in [3.63, 3.8) is 0 Å². The molecule has 0 aliphatic carbocycles. The summed E-state index contributed by atoms with van der Waals surface area (Å²) < 4.78 is 5.00. The molecule has 5 atom stereocenters.